The molecule has 3 aromatic carbocycles. The number of amides is 2. The van der Waals surface area contributed by atoms with Gasteiger partial charge in [0.2, 0.25) is 5.76 Å². The lowest BCUT2D eigenvalue weighted by molar-refractivity contribution is 0.0999. The van der Waals surface area contributed by atoms with Crippen molar-refractivity contribution in [2.45, 2.75) is 6.92 Å². The van der Waals surface area contributed by atoms with Crippen molar-refractivity contribution < 1.29 is 18.7 Å². The van der Waals surface area contributed by atoms with Gasteiger partial charge in [0, 0.05) is 16.6 Å². The maximum absolute atomic E-state index is 12.9. The summed E-state index contributed by atoms with van der Waals surface area (Å²) in [6.45, 7) is 1.95. The van der Waals surface area contributed by atoms with Gasteiger partial charge >= 0.3 is 0 Å². The zero-order chi connectivity index (χ0) is 21.1. The van der Waals surface area contributed by atoms with Crippen LogP contribution < -0.4 is 15.4 Å². The first kappa shape index (κ1) is 19.3. The molecule has 6 nitrogen and oxygen atoms in total. The predicted octanol–water partition coefficient (Wildman–Crippen LogP) is 5.25. The van der Waals surface area contributed by atoms with Crippen molar-refractivity contribution in [2.75, 3.05) is 17.7 Å². The van der Waals surface area contributed by atoms with Crippen LogP contribution in [0.3, 0.4) is 0 Å². The molecule has 6 heteroatoms. The molecule has 150 valence electrons. The number of ether oxygens (including phenoxy) is 1. The third kappa shape index (κ3) is 3.89. The van der Waals surface area contributed by atoms with Crippen LogP contribution in [0.1, 0.15) is 26.5 Å². The Morgan fingerprint density at radius 2 is 1.53 bits per heavy atom. The quantitative estimate of drug-likeness (QED) is 0.479. The summed E-state index contributed by atoms with van der Waals surface area (Å²) in [4.78, 5) is 25.7. The highest BCUT2D eigenvalue weighted by Gasteiger charge is 2.23. The van der Waals surface area contributed by atoms with Gasteiger partial charge in [0.25, 0.3) is 11.8 Å². The van der Waals surface area contributed by atoms with Crippen molar-refractivity contribution in [3.63, 3.8) is 0 Å². The van der Waals surface area contributed by atoms with Crippen LogP contribution in [0.4, 0.5) is 11.4 Å². The van der Waals surface area contributed by atoms with Gasteiger partial charge in [-0.05, 0) is 55.5 Å². The van der Waals surface area contributed by atoms with Crippen LogP contribution in [0.5, 0.6) is 5.75 Å². The van der Waals surface area contributed by atoms with Gasteiger partial charge in [-0.3, -0.25) is 9.59 Å². The minimum Gasteiger partial charge on any atom is -0.497 e. The molecule has 0 bridgehead atoms. The molecule has 0 aliphatic rings. The molecular weight excluding hydrogens is 380 g/mol. The van der Waals surface area contributed by atoms with E-state index in [9.17, 15) is 9.59 Å². The largest absolute Gasteiger partial charge is 0.497 e. The highest BCUT2D eigenvalue weighted by Crippen LogP contribution is 2.32. The molecule has 2 amide bonds. The number of furan rings is 1. The molecule has 1 aromatic heterocycles. The molecule has 0 atom stereocenters. The Morgan fingerprint density at radius 1 is 0.833 bits per heavy atom. The lowest BCUT2D eigenvalue weighted by atomic mass is 10.1. The molecule has 0 spiro atoms. The first-order valence-electron chi connectivity index (χ1n) is 9.40. The number of anilines is 2. The molecule has 2 N–H and O–H groups in total. The van der Waals surface area contributed by atoms with Gasteiger partial charge < -0.3 is 19.8 Å². The fourth-order valence-electron chi connectivity index (χ4n) is 3.08. The number of methoxy groups -OCH3 is 1. The Balaban J connectivity index is 1.66. The normalized spacial score (nSPS) is 10.6. The fourth-order valence-corrected chi connectivity index (χ4v) is 3.08. The Hall–Kier alpha value is -4.06. The lowest BCUT2D eigenvalue weighted by Gasteiger charge is -2.08. The number of rotatable bonds is 5. The fraction of sp³-hybridized carbons (Fsp3) is 0.0833. The van der Waals surface area contributed by atoms with Crippen LogP contribution in [-0.4, -0.2) is 18.9 Å². The maximum atomic E-state index is 12.9. The number of carbonyl (C=O) groups excluding carboxylic acids is 2. The number of aryl methyl sites for hydroxylation is 1. The molecule has 0 aliphatic heterocycles. The molecule has 0 saturated carbocycles. The summed E-state index contributed by atoms with van der Waals surface area (Å²) >= 11 is 0. The first-order chi connectivity index (χ1) is 14.5. The summed E-state index contributed by atoms with van der Waals surface area (Å²) in [5, 5.41) is 6.28. The maximum Gasteiger partial charge on any atom is 0.293 e. The van der Waals surface area contributed by atoms with Crippen LogP contribution >= 0.6 is 0 Å². The number of fused-ring (bicyclic) bond motifs is 1. The van der Waals surface area contributed by atoms with E-state index in [-0.39, 0.29) is 11.7 Å². The van der Waals surface area contributed by atoms with Gasteiger partial charge in [0.15, 0.2) is 0 Å². The number of carbonyl (C=O) groups is 2. The van der Waals surface area contributed by atoms with Gasteiger partial charge in [-0.15, -0.1) is 0 Å². The summed E-state index contributed by atoms with van der Waals surface area (Å²) in [7, 11) is 1.57. The SMILES string of the molecule is COc1ccc(NC(=O)c2oc3ccccc3c2NC(=O)c2ccc(C)cc2)cc1. The van der Waals surface area contributed by atoms with E-state index in [1.165, 1.54) is 0 Å². The van der Waals surface area contributed by atoms with Crippen molar-refractivity contribution in [3.8, 4) is 5.75 Å². The van der Waals surface area contributed by atoms with Crippen molar-refractivity contribution in [1.82, 2.24) is 0 Å². The molecule has 0 saturated heterocycles. The van der Waals surface area contributed by atoms with Gasteiger partial charge in [0.1, 0.15) is 17.0 Å². The summed E-state index contributed by atoms with van der Waals surface area (Å²) in [5.41, 5.74) is 2.98. The van der Waals surface area contributed by atoms with E-state index in [0.717, 1.165) is 5.56 Å². The second kappa shape index (κ2) is 8.13. The van der Waals surface area contributed by atoms with Crippen LogP contribution in [0.25, 0.3) is 11.0 Å². The Bertz CT molecular complexity index is 1210. The van der Waals surface area contributed by atoms with Crippen molar-refractivity contribution in [3.05, 3.63) is 89.7 Å². The summed E-state index contributed by atoms with van der Waals surface area (Å²) in [6.07, 6.45) is 0. The molecule has 0 radical (unpaired) electrons. The average Bonchev–Trinajstić information content (AvgIpc) is 3.13. The highest BCUT2D eigenvalue weighted by atomic mass is 16.5. The predicted molar refractivity (Wildman–Crippen MR) is 116 cm³/mol. The van der Waals surface area contributed by atoms with Crippen LogP contribution in [0, 0.1) is 6.92 Å². The monoisotopic (exact) mass is 400 g/mol. The number of hydrogen-bond donors (Lipinski definition) is 2. The average molecular weight is 400 g/mol. The number of nitrogens with one attached hydrogen (secondary N) is 2. The topological polar surface area (TPSA) is 80.6 Å². The molecule has 4 rings (SSSR count). The molecule has 1 heterocycles. The standard InChI is InChI=1S/C24H20N2O4/c1-15-7-9-16(10-8-15)23(27)26-21-19-5-3-4-6-20(19)30-22(21)24(28)25-17-11-13-18(29-2)14-12-17/h3-14H,1-2H3,(H,25,28)(H,26,27). The lowest BCUT2D eigenvalue weighted by Crippen LogP contribution is -2.17. The number of hydrogen-bond acceptors (Lipinski definition) is 4. The Morgan fingerprint density at radius 3 is 2.23 bits per heavy atom. The van der Waals surface area contributed by atoms with E-state index >= 15 is 0 Å². The number of para-hydroxylation sites is 1. The molecule has 4 aromatic rings. The van der Waals surface area contributed by atoms with E-state index < -0.39 is 5.91 Å². The first-order valence-corrected chi connectivity index (χ1v) is 9.40. The van der Waals surface area contributed by atoms with E-state index in [4.69, 9.17) is 9.15 Å². The number of benzene rings is 3. The smallest absolute Gasteiger partial charge is 0.293 e. The van der Waals surface area contributed by atoms with E-state index in [1.807, 2.05) is 31.2 Å². The third-order valence-corrected chi connectivity index (χ3v) is 4.70. The van der Waals surface area contributed by atoms with Gasteiger partial charge in [-0.1, -0.05) is 29.8 Å². The van der Waals surface area contributed by atoms with Gasteiger partial charge in [-0.25, -0.2) is 0 Å². The molecule has 0 aliphatic carbocycles. The van der Waals surface area contributed by atoms with E-state index in [2.05, 4.69) is 10.6 Å². The van der Waals surface area contributed by atoms with Crippen molar-refractivity contribution in [1.29, 1.82) is 0 Å². The Kier molecular flexibility index (Phi) is 5.22. The minimum absolute atomic E-state index is 0.0347. The minimum atomic E-state index is -0.462. The second-order valence-electron chi connectivity index (χ2n) is 6.81. The van der Waals surface area contributed by atoms with Gasteiger partial charge in [-0.2, -0.15) is 0 Å². The summed E-state index contributed by atoms with van der Waals surface area (Å²) in [6, 6.07) is 21.3. The molecule has 0 fully saturated rings. The zero-order valence-corrected chi connectivity index (χ0v) is 16.6. The van der Waals surface area contributed by atoms with Crippen molar-refractivity contribution >= 4 is 34.2 Å². The second-order valence-corrected chi connectivity index (χ2v) is 6.81. The third-order valence-electron chi connectivity index (χ3n) is 4.70. The zero-order valence-electron chi connectivity index (χ0n) is 16.6. The molecular formula is C24H20N2O4. The summed E-state index contributed by atoms with van der Waals surface area (Å²) < 4.78 is 10.9. The van der Waals surface area contributed by atoms with Gasteiger partial charge in [0.05, 0.1) is 7.11 Å². The molecule has 30 heavy (non-hydrogen) atoms. The summed E-state index contributed by atoms with van der Waals surface area (Å²) in [5.74, 6) is -0.0640. The van der Waals surface area contributed by atoms with Crippen LogP contribution in [0.2, 0.25) is 0 Å². The molecule has 0 unspecified atom stereocenters. The van der Waals surface area contributed by atoms with Crippen LogP contribution in [0.15, 0.2) is 77.2 Å². The van der Waals surface area contributed by atoms with Crippen LogP contribution in [-0.2, 0) is 0 Å². The van der Waals surface area contributed by atoms with E-state index in [0.29, 0.717) is 33.7 Å². The Labute approximate surface area is 173 Å². The van der Waals surface area contributed by atoms with E-state index in [1.54, 1.807) is 55.6 Å². The van der Waals surface area contributed by atoms with Crippen molar-refractivity contribution in [2.24, 2.45) is 0 Å². The highest BCUT2D eigenvalue weighted by molar-refractivity contribution is 6.16.